The highest BCUT2D eigenvalue weighted by atomic mass is 16.6. The normalized spacial score (nSPS) is 22.0. The quantitative estimate of drug-likeness (QED) is 0.584. The highest BCUT2D eigenvalue weighted by Crippen LogP contribution is 2.32. The van der Waals surface area contributed by atoms with E-state index in [2.05, 4.69) is 0 Å². The summed E-state index contributed by atoms with van der Waals surface area (Å²) in [5.74, 6) is -2.00. The Labute approximate surface area is 177 Å². The van der Waals surface area contributed by atoms with E-state index >= 15 is 0 Å². The number of likely N-dealkylation sites (tertiary alicyclic amines) is 1. The molecule has 3 N–H and O–H groups in total. The van der Waals surface area contributed by atoms with Crippen molar-refractivity contribution in [1.82, 2.24) is 14.7 Å². The molecule has 4 amide bonds. The predicted octanol–water partition coefficient (Wildman–Crippen LogP) is 1.19. The third-order valence-electron chi connectivity index (χ3n) is 5.75. The molecular formula is C20H34N4O6. The van der Waals surface area contributed by atoms with E-state index in [-0.39, 0.29) is 44.1 Å². The predicted molar refractivity (Wildman–Crippen MR) is 109 cm³/mol. The van der Waals surface area contributed by atoms with Crippen LogP contribution < -0.4 is 5.73 Å². The standard InChI is InChI=1S/C20H34N4O6/c1-12(2)16(13(3)4)30-20(29)23-10-8-22(9-11-23)19(28)24-15(18(26)27)14(17(24)25)6-5-7-21/h12-16H,5-11,21H2,1-4H3,(H,26,27)/t14-,15+/m1/s1. The van der Waals surface area contributed by atoms with Crippen LogP contribution in [0.25, 0.3) is 0 Å². The Kier molecular flexibility index (Phi) is 8.05. The fourth-order valence-corrected chi connectivity index (χ4v) is 4.13. The first-order chi connectivity index (χ1) is 14.1. The third-order valence-corrected chi connectivity index (χ3v) is 5.75. The lowest BCUT2D eigenvalue weighted by Gasteiger charge is -2.46. The Bertz CT molecular complexity index is 652. The van der Waals surface area contributed by atoms with Crippen LogP contribution in [0.3, 0.4) is 0 Å². The Morgan fingerprint density at radius 2 is 1.60 bits per heavy atom. The molecule has 2 saturated heterocycles. The van der Waals surface area contributed by atoms with Crippen LogP contribution in [-0.4, -0.2) is 88.7 Å². The largest absolute Gasteiger partial charge is 0.480 e. The van der Waals surface area contributed by atoms with Crippen LogP contribution in [0.5, 0.6) is 0 Å². The Hall–Kier alpha value is -2.36. The van der Waals surface area contributed by atoms with E-state index in [9.17, 15) is 24.3 Å². The number of carbonyl (C=O) groups excluding carboxylic acids is 3. The number of piperazine rings is 1. The van der Waals surface area contributed by atoms with Gasteiger partial charge in [-0.2, -0.15) is 0 Å². The molecule has 2 aliphatic heterocycles. The van der Waals surface area contributed by atoms with Crippen molar-refractivity contribution in [2.24, 2.45) is 23.5 Å². The van der Waals surface area contributed by atoms with E-state index < -0.39 is 36.0 Å². The molecule has 170 valence electrons. The summed E-state index contributed by atoms with van der Waals surface area (Å²) in [6.07, 6.45) is 0.261. The van der Waals surface area contributed by atoms with Crippen LogP contribution in [0.1, 0.15) is 40.5 Å². The van der Waals surface area contributed by atoms with E-state index in [4.69, 9.17) is 10.5 Å². The second-order valence-electron chi connectivity index (χ2n) is 8.62. The number of urea groups is 1. The molecule has 0 saturated carbocycles. The Morgan fingerprint density at radius 3 is 2.07 bits per heavy atom. The summed E-state index contributed by atoms with van der Waals surface area (Å²) in [5, 5.41) is 9.46. The van der Waals surface area contributed by atoms with Crippen molar-refractivity contribution in [2.75, 3.05) is 32.7 Å². The van der Waals surface area contributed by atoms with Gasteiger partial charge in [0.05, 0.1) is 5.92 Å². The highest BCUT2D eigenvalue weighted by molar-refractivity contribution is 6.07. The SMILES string of the molecule is CC(C)C(OC(=O)N1CCN(C(=O)N2C(=O)[C@H](CCCN)[C@H]2C(=O)O)CC1)C(C)C. The topological polar surface area (TPSA) is 133 Å². The zero-order chi connectivity index (χ0) is 22.6. The molecule has 2 fully saturated rings. The van der Waals surface area contributed by atoms with Crippen molar-refractivity contribution >= 4 is 24.0 Å². The van der Waals surface area contributed by atoms with Crippen molar-refractivity contribution in [3.63, 3.8) is 0 Å². The molecular weight excluding hydrogens is 392 g/mol. The average Bonchev–Trinajstić information content (AvgIpc) is 2.69. The highest BCUT2D eigenvalue weighted by Gasteiger charge is 2.55. The van der Waals surface area contributed by atoms with Gasteiger partial charge in [0.25, 0.3) is 0 Å². The molecule has 0 aromatic rings. The Balaban J connectivity index is 1.93. The maximum Gasteiger partial charge on any atom is 0.410 e. The van der Waals surface area contributed by atoms with Gasteiger partial charge in [0, 0.05) is 26.2 Å². The summed E-state index contributed by atoms with van der Waals surface area (Å²) in [4.78, 5) is 53.0. The number of nitrogens with two attached hydrogens (primary N) is 1. The van der Waals surface area contributed by atoms with Gasteiger partial charge < -0.3 is 25.4 Å². The van der Waals surface area contributed by atoms with E-state index in [0.29, 0.717) is 19.4 Å². The number of hydrogen-bond donors (Lipinski definition) is 2. The van der Waals surface area contributed by atoms with Crippen LogP contribution in [-0.2, 0) is 14.3 Å². The molecule has 2 heterocycles. The molecule has 0 bridgehead atoms. The number of carboxylic acid groups (broad SMARTS) is 1. The number of carboxylic acids is 1. The number of ether oxygens (including phenoxy) is 1. The molecule has 2 rings (SSSR count). The summed E-state index contributed by atoms with van der Waals surface area (Å²) in [6, 6.07) is -1.77. The van der Waals surface area contributed by atoms with E-state index in [1.54, 1.807) is 0 Å². The first-order valence-corrected chi connectivity index (χ1v) is 10.6. The van der Waals surface area contributed by atoms with E-state index in [1.165, 1.54) is 9.80 Å². The number of carbonyl (C=O) groups is 4. The molecule has 10 heteroatoms. The number of β-lactam (4-membered cyclic amide) rings is 1. The number of nitrogens with zero attached hydrogens (tertiary/aromatic N) is 3. The van der Waals surface area contributed by atoms with Gasteiger partial charge in [0.2, 0.25) is 5.91 Å². The van der Waals surface area contributed by atoms with Gasteiger partial charge in [-0.15, -0.1) is 0 Å². The van der Waals surface area contributed by atoms with E-state index in [0.717, 1.165) is 4.90 Å². The van der Waals surface area contributed by atoms with Crippen molar-refractivity contribution in [1.29, 1.82) is 0 Å². The summed E-state index contributed by atoms with van der Waals surface area (Å²) in [5.41, 5.74) is 5.44. The van der Waals surface area contributed by atoms with Crippen molar-refractivity contribution in [3.05, 3.63) is 0 Å². The van der Waals surface area contributed by atoms with Crippen molar-refractivity contribution in [3.8, 4) is 0 Å². The molecule has 0 spiro atoms. The van der Waals surface area contributed by atoms with Gasteiger partial charge in [-0.05, 0) is 31.2 Å². The molecule has 0 aliphatic carbocycles. The fourth-order valence-electron chi connectivity index (χ4n) is 4.13. The summed E-state index contributed by atoms with van der Waals surface area (Å²) in [6.45, 7) is 9.31. The van der Waals surface area contributed by atoms with Crippen LogP contribution in [0.15, 0.2) is 0 Å². The lowest BCUT2D eigenvalue weighted by Crippen LogP contribution is -2.69. The third kappa shape index (κ3) is 5.03. The summed E-state index contributed by atoms with van der Waals surface area (Å²) in [7, 11) is 0. The van der Waals surface area contributed by atoms with Crippen molar-refractivity contribution < 1.29 is 29.0 Å². The second-order valence-corrected chi connectivity index (χ2v) is 8.62. The first kappa shape index (κ1) is 23.9. The van der Waals surface area contributed by atoms with Gasteiger partial charge in [-0.3, -0.25) is 4.79 Å². The maximum absolute atomic E-state index is 12.8. The lowest BCUT2D eigenvalue weighted by molar-refractivity contribution is -0.167. The number of amides is 4. The van der Waals surface area contributed by atoms with Crippen LogP contribution >= 0.6 is 0 Å². The molecule has 0 aromatic heterocycles. The summed E-state index contributed by atoms with van der Waals surface area (Å²) >= 11 is 0. The Morgan fingerprint density at radius 1 is 1.07 bits per heavy atom. The smallest absolute Gasteiger partial charge is 0.410 e. The number of rotatable bonds is 7. The minimum Gasteiger partial charge on any atom is -0.480 e. The molecule has 0 unspecified atom stereocenters. The van der Waals surface area contributed by atoms with Crippen LogP contribution in [0, 0.1) is 17.8 Å². The monoisotopic (exact) mass is 426 g/mol. The number of imide groups is 1. The first-order valence-electron chi connectivity index (χ1n) is 10.6. The fraction of sp³-hybridized carbons (Fsp3) is 0.800. The molecule has 2 aliphatic rings. The van der Waals surface area contributed by atoms with Gasteiger partial charge in [0.1, 0.15) is 6.10 Å². The second kappa shape index (κ2) is 10.1. The van der Waals surface area contributed by atoms with Crippen molar-refractivity contribution in [2.45, 2.75) is 52.7 Å². The molecule has 0 aromatic carbocycles. The molecule has 10 nitrogen and oxygen atoms in total. The average molecular weight is 427 g/mol. The maximum atomic E-state index is 12.8. The molecule has 0 radical (unpaired) electrons. The van der Waals surface area contributed by atoms with Crippen LogP contribution in [0.4, 0.5) is 9.59 Å². The number of aliphatic carboxylic acids is 1. The zero-order valence-corrected chi connectivity index (χ0v) is 18.2. The van der Waals surface area contributed by atoms with Crippen LogP contribution in [0.2, 0.25) is 0 Å². The van der Waals surface area contributed by atoms with Gasteiger partial charge in [-0.25, -0.2) is 19.3 Å². The van der Waals surface area contributed by atoms with Gasteiger partial charge in [-0.1, -0.05) is 27.7 Å². The molecule has 2 atom stereocenters. The van der Waals surface area contributed by atoms with Gasteiger partial charge >= 0.3 is 18.1 Å². The number of hydrogen-bond acceptors (Lipinski definition) is 6. The lowest BCUT2D eigenvalue weighted by atomic mass is 9.84. The van der Waals surface area contributed by atoms with E-state index in [1.807, 2.05) is 27.7 Å². The minimum absolute atomic E-state index is 0.189. The van der Waals surface area contributed by atoms with Gasteiger partial charge in [0.15, 0.2) is 6.04 Å². The molecule has 30 heavy (non-hydrogen) atoms. The minimum atomic E-state index is -1.19. The summed E-state index contributed by atoms with van der Waals surface area (Å²) < 4.78 is 5.64. The zero-order valence-electron chi connectivity index (χ0n) is 18.2.